The Balaban J connectivity index is 1.55. The van der Waals surface area contributed by atoms with Gasteiger partial charge < -0.3 is 24.8 Å². The summed E-state index contributed by atoms with van der Waals surface area (Å²) in [6.45, 7) is 0. The van der Waals surface area contributed by atoms with E-state index in [1.807, 2.05) is 0 Å². The van der Waals surface area contributed by atoms with Gasteiger partial charge in [0.2, 0.25) is 11.7 Å². The van der Waals surface area contributed by atoms with E-state index in [1.54, 1.807) is 42.5 Å². The monoisotopic (exact) mass is 526 g/mol. The standard InChI is InChI=1S/C24H23FN6O5S/c1-34-19-12-17(13-20(35-2)22(19)36-3)29-24-27-14-18(25)23(30-24)28-15-7-6-8-16(11-15)31-37(32,33)21-9-4-5-10-26-21/h4-14,31H,1-3H3,(H2,27,28,29,30). The minimum Gasteiger partial charge on any atom is -0.493 e. The lowest BCUT2D eigenvalue weighted by atomic mass is 10.2. The topological polar surface area (TPSA) is 137 Å². The summed E-state index contributed by atoms with van der Waals surface area (Å²) in [7, 11) is 0.572. The summed E-state index contributed by atoms with van der Waals surface area (Å²) < 4.78 is 58.1. The van der Waals surface area contributed by atoms with Crippen LogP contribution in [0.3, 0.4) is 0 Å². The van der Waals surface area contributed by atoms with Gasteiger partial charge in [-0.05, 0) is 30.3 Å². The van der Waals surface area contributed by atoms with Crippen molar-refractivity contribution in [1.82, 2.24) is 15.0 Å². The van der Waals surface area contributed by atoms with Crippen LogP contribution >= 0.6 is 0 Å². The highest BCUT2D eigenvalue weighted by atomic mass is 32.2. The third-order valence-corrected chi connectivity index (χ3v) is 6.25. The molecule has 0 saturated carbocycles. The molecule has 0 unspecified atom stereocenters. The fourth-order valence-corrected chi connectivity index (χ4v) is 4.31. The Labute approximate surface area is 212 Å². The van der Waals surface area contributed by atoms with Crippen LogP contribution in [-0.4, -0.2) is 44.7 Å². The van der Waals surface area contributed by atoms with Crippen molar-refractivity contribution in [1.29, 1.82) is 0 Å². The quantitative estimate of drug-likeness (QED) is 0.274. The molecule has 0 atom stereocenters. The average Bonchev–Trinajstić information content (AvgIpc) is 2.90. The maximum atomic E-state index is 14.5. The van der Waals surface area contributed by atoms with Gasteiger partial charge in [-0.3, -0.25) is 4.72 Å². The van der Waals surface area contributed by atoms with Crippen LogP contribution in [0.25, 0.3) is 0 Å². The maximum absolute atomic E-state index is 14.5. The third kappa shape index (κ3) is 5.95. The molecule has 0 aliphatic rings. The largest absolute Gasteiger partial charge is 0.493 e. The SMILES string of the molecule is COc1cc(Nc2ncc(F)c(Nc3cccc(NS(=O)(=O)c4ccccn4)c3)n2)cc(OC)c1OC. The number of anilines is 5. The molecule has 4 aromatic rings. The summed E-state index contributed by atoms with van der Waals surface area (Å²) in [4.78, 5) is 12.0. The van der Waals surface area contributed by atoms with E-state index in [0.29, 0.717) is 28.6 Å². The lowest BCUT2D eigenvalue weighted by molar-refractivity contribution is 0.324. The molecular formula is C24H23FN6O5S. The van der Waals surface area contributed by atoms with Crippen LogP contribution in [0.2, 0.25) is 0 Å². The first-order valence-corrected chi connectivity index (χ1v) is 12.2. The summed E-state index contributed by atoms with van der Waals surface area (Å²) in [5.41, 5.74) is 1.15. The molecule has 3 N–H and O–H groups in total. The number of hydrogen-bond acceptors (Lipinski definition) is 10. The highest BCUT2D eigenvalue weighted by Gasteiger charge is 2.17. The summed E-state index contributed by atoms with van der Waals surface area (Å²) >= 11 is 0. The molecule has 0 bridgehead atoms. The predicted octanol–water partition coefficient (Wildman–Crippen LogP) is 4.32. The smallest absolute Gasteiger partial charge is 0.279 e. The van der Waals surface area contributed by atoms with Gasteiger partial charge in [0.05, 0.1) is 33.2 Å². The van der Waals surface area contributed by atoms with Crippen molar-refractivity contribution in [2.45, 2.75) is 5.03 Å². The van der Waals surface area contributed by atoms with Crippen molar-refractivity contribution in [2.24, 2.45) is 0 Å². The number of hydrogen-bond donors (Lipinski definition) is 3. The number of benzene rings is 2. The first kappa shape index (κ1) is 25.4. The van der Waals surface area contributed by atoms with Crippen LogP contribution in [-0.2, 0) is 10.0 Å². The van der Waals surface area contributed by atoms with Crippen molar-refractivity contribution in [3.63, 3.8) is 0 Å². The molecule has 0 amide bonds. The molecule has 0 radical (unpaired) electrons. The van der Waals surface area contributed by atoms with Gasteiger partial charge >= 0.3 is 0 Å². The number of aromatic nitrogens is 3. The zero-order valence-corrected chi connectivity index (χ0v) is 20.8. The predicted molar refractivity (Wildman–Crippen MR) is 136 cm³/mol. The Bertz CT molecular complexity index is 1480. The molecule has 2 heterocycles. The minimum atomic E-state index is -3.90. The summed E-state index contributed by atoms with van der Waals surface area (Å²) in [6.07, 6.45) is 2.39. The fourth-order valence-electron chi connectivity index (χ4n) is 3.31. The number of rotatable bonds is 10. The number of nitrogens with one attached hydrogen (secondary N) is 3. The lowest BCUT2D eigenvalue weighted by Crippen LogP contribution is -2.14. The number of nitrogens with zero attached hydrogens (tertiary/aromatic N) is 3. The van der Waals surface area contributed by atoms with E-state index < -0.39 is 15.8 Å². The van der Waals surface area contributed by atoms with Crippen molar-refractivity contribution in [3.05, 3.63) is 72.8 Å². The molecule has 0 fully saturated rings. The second-order valence-corrected chi connectivity index (χ2v) is 9.04. The van der Waals surface area contributed by atoms with E-state index in [-0.39, 0.29) is 22.5 Å². The summed E-state index contributed by atoms with van der Waals surface area (Å²) in [5.74, 6) is 0.482. The van der Waals surface area contributed by atoms with E-state index in [4.69, 9.17) is 14.2 Å². The van der Waals surface area contributed by atoms with Gasteiger partial charge in [0.25, 0.3) is 10.0 Å². The number of halogens is 1. The van der Waals surface area contributed by atoms with Crippen LogP contribution < -0.4 is 29.6 Å². The van der Waals surface area contributed by atoms with Crippen molar-refractivity contribution in [2.75, 3.05) is 36.7 Å². The van der Waals surface area contributed by atoms with Gasteiger partial charge in [0, 0.05) is 29.7 Å². The van der Waals surface area contributed by atoms with E-state index in [2.05, 4.69) is 30.3 Å². The molecular weight excluding hydrogens is 503 g/mol. The Hall–Kier alpha value is -4.65. The molecule has 37 heavy (non-hydrogen) atoms. The zero-order chi connectivity index (χ0) is 26.4. The Morgan fingerprint density at radius 2 is 1.54 bits per heavy atom. The average molecular weight is 527 g/mol. The molecule has 13 heteroatoms. The molecule has 11 nitrogen and oxygen atoms in total. The van der Waals surface area contributed by atoms with Crippen LogP contribution in [0.15, 0.2) is 72.0 Å². The van der Waals surface area contributed by atoms with Crippen LogP contribution in [0, 0.1) is 5.82 Å². The third-order valence-electron chi connectivity index (χ3n) is 4.96. The molecule has 2 aromatic carbocycles. The van der Waals surface area contributed by atoms with Crippen LogP contribution in [0.5, 0.6) is 17.2 Å². The second kappa shape index (κ2) is 11.0. The molecule has 192 valence electrons. The Morgan fingerprint density at radius 1 is 0.811 bits per heavy atom. The van der Waals surface area contributed by atoms with Gasteiger partial charge in [-0.2, -0.15) is 13.4 Å². The van der Waals surface area contributed by atoms with Gasteiger partial charge in [-0.1, -0.05) is 12.1 Å². The molecule has 0 saturated heterocycles. The van der Waals surface area contributed by atoms with Gasteiger partial charge in [0.15, 0.2) is 28.2 Å². The first-order valence-electron chi connectivity index (χ1n) is 10.7. The van der Waals surface area contributed by atoms with E-state index in [1.165, 1.54) is 39.7 Å². The van der Waals surface area contributed by atoms with Gasteiger partial charge in [-0.15, -0.1) is 0 Å². The normalized spacial score (nSPS) is 10.9. The maximum Gasteiger partial charge on any atom is 0.279 e. The van der Waals surface area contributed by atoms with Crippen LogP contribution in [0.1, 0.15) is 0 Å². The molecule has 4 rings (SSSR count). The van der Waals surface area contributed by atoms with Crippen molar-refractivity contribution in [3.8, 4) is 17.2 Å². The summed E-state index contributed by atoms with van der Waals surface area (Å²) in [5, 5.41) is 5.69. The Morgan fingerprint density at radius 3 is 2.19 bits per heavy atom. The van der Waals surface area contributed by atoms with E-state index in [9.17, 15) is 12.8 Å². The number of sulfonamides is 1. The highest BCUT2D eigenvalue weighted by molar-refractivity contribution is 7.92. The van der Waals surface area contributed by atoms with E-state index >= 15 is 0 Å². The highest BCUT2D eigenvalue weighted by Crippen LogP contribution is 2.40. The number of ether oxygens (including phenoxy) is 3. The number of pyridine rings is 1. The minimum absolute atomic E-state index is 0.0881. The lowest BCUT2D eigenvalue weighted by Gasteiger charge is -2.15. The summed E-state index contributed by atoms with van der Waals surface area (Å²) in [6, 6.07) is 14.2. The first-order chi connectivity index (χ1) is 17.8. The van der Waals surface area contributed by atoms with Gasteiger partial charge in [0.1, 0.15) is 0 Å². The van der Waals surface area contributed by atoms with Gasteiger partial charge in [-0.25, -0.2) is 14.4 Å². The zero-order valence-electron chi connectivity index (χ0n) is 20.0. The molecule has 0 aliphatic carbocycles. The molecule has 2 aromatic heterocycles. The molecule has 0 aliphatic heterocycles. The molecule has 0 spiro atoms. The second-order valence-electron chi connectivity index (χ2n) is 7.41. The van der Waals surface area contributed by atoms with E-state index in [0.717, 1.165) is 6.20 Å². The number of methoxy groups -OCH3 is 3. The van der Waals surface area contributed by atoms with Crippen LogP contribution in [0.4, 0.5) is 33.2 Å². The Kier molecular flexibility index (Phi) is 7.53. The fraction of sp³-hybridized carbons (Fsp3) is 0.125. The van der Waals surface area contributed by atoms with Crippen molar-refractivity contribution >= 4 is 38.9 Å². The van der Waals surface area contributed by atoms with Crippen molar-refractivity contribution < 1.29 is 27.0 Å².